The van der Waals surface area contributed by atoms with Crippen molar-refractivity contribution in [2.75, 3.05) is 13.1 Å². The second kappa shape index (κ2) is 5.14. The second-order valence-corrected chi connectivity index (χ2v) is 5.01. The van der Waals surface area contributed by atoms with E-state index in [1.54, 1.807) is 11.0 Å². The Labute approximate surface area is 107 Å². The molecule has 17 heavy (non-hydrogen) atoms. The highest BCUT2D eigenvalue weighted by atomic mass is 79.9. The molecule has 0 saturated carbocycles. The maximum Gasteiger partial charge on any atom is 0.253 e. The Hall–Kier alpha value is -0.940. The van der Waals surface area contributed by atoms with Crippen LogP contribution in [0, 0.1) is 5.82 Å². The molecule has 1 saturated heterocycles. The third-order valence-corrected chi connectivity index (χ3v) is 3.56. The molecule has 0 aromatic heterocycles. The predicted octanol–water partition coefficient (Wildman–Crippen LogP) is 2.19. The summed E-state index contributed by atoms with van der Waals surface area (Å²) in [5, 5.41) is 9.36. The van der Waals surface area contributed by atoms with E-state index in [1.807, 2.05) is 0 Å². The number of piperidine rings is 1. The van der Waals surface area contributed by atoms with Crippen molar-refractivity contribution in [1.29, 1.82) is 0 Å². The number of amides is 1. The first-order chi connectivity index (χ1) is 8.08. The van der Waals surface area contributed by atoms with Crippen molar-refractivity contribution in [2.45, 2.75) is 18.9 Å². The quantitative estimate of drug-likeness (QED) is 0.864. The summed E-state index contributed by atoms with van der Waals surface area (Å²) < 4.78 is 13.7. The summed E-state index contributed by atoms with van der Waals surface area (Å²) in [6, 6.07) is 4.36. The van der Waals surface area contributed by atoms with Gasteiger partial charge in [0.2, 0.25) is 0 Å². The zero-order valence-electron chi connectivity index (χ0n) is 9.20. The lowest BCUT2D eigenvalue weighted by atomic mass is 10.1. The normalized spacial score (nSPS) is 17.2. The van der Waals surface area contributed by atoms with E-state index in [0.29, 0.717) is 36.0 Å². The number of rotatable bonds is 1. The number of likely N-dealkylation sites (tertiary alicyclic amines) is 1. The van der Waals surface area contributed by atoms with Gasteiger partial charge in [-0.3, -0.25) is 4.79 Å². The van der Waals surface area contributed by atoms with Gasteiger partial charge in [0.05, 0.1) is 10.6 Å². The zero-order chi connectivity index (χ0) is 12.4. The highest BCUT2D eigenvalue weighted by Gasteiger charge is 2.22. The predicted molar refractivity (Wildman–Crippen MR) is 65.2 cm³/mol. The van der Waals surface area contributed by atoms with Crippen LogP contribution in [0.1, 0.15) is 23.2 Å². The first-order valence-corrected chi connectivity index (χ1v) is 6.29. The van der Waals surface area contributed by atoms with E-state index in [9.17, 15) is 14.3 Å². The van der Waals surface area contributed by atoms with Crippen LogP contribution in [-0.4, -0.2) is 35.1 Å². The molecule has 92 valence electrons. The van der Waals surface area contributed by atoms with Crippen LogP contribution in [0.3, 0.4) is 0 Å². The van der Waals surface area contributed by atoms with Crippen LogP contribution in [0.4, 0.5) is 4.39 Å². The minimum Gasteiger partial charge on any atom is -0.393 e. The van der Waals surface area contributed by atoms with E-state index < -0.39 is 5.82 Å². The molecule has 1 amide bonds. The molecular formula is C12H13BrFNO2. The number of hydrogen-bond acceptors (Lipinski definition) is 2. The standard InChI is InChI=1S/C12H13BrFNO2/c13-10-2-1-8(7-11(10)14)12(17)15-5-3-9(16)4-6-15/h1-2,7,9,16H,3-6H2. The number of benzene rings is 1. The minimum atomic E-state index is -0.437. The van der Waals surface area contributed by atoms with E-state index in [4.69, 9.17) is 0 Å². The fourth-order valence-electron chi connectivity index (χ4n) is 1.88. The van der Waals surface area contributed by atoms with Gasteiger partial charge in [0, 0.05) is 18.7 Å². The number of aliphatic hydroxyl groups is 1. The highest BCUT2D eigenvalue weighted by Crippen LogP contribution is 2.19. The molecule has 1 aliphatic rings. The van der Waals surface area contributed by atoms with Gasteiger partial charge in [-0.25, -0.2) is 4.39 Å². The van der Waals surface area contributed by atoms with E-state index in [0.717, 1.165) is 0 Å². The van der Waals surface area contributed by atoms with Gasteiger partial charge in [-0.05, 0) is 47.0 Å². The van der Waals surface area contributed by atoms with Crippen LogP contribution in [0.2, 0.25) is 0 Å². The van der Waals surface area contributed by atoms with Gasteiger partial charge in [0.15, 0.2) is 0 Å². The highest BCUT2D eigenvalue weighted by molar-refractivity contribution is 9.10. The molecule has 1 aromatic rings. The Bertz CT molecular complexity index is 431. The number of hydrogen-bond donors (Lipinski definition) is 1. The van der Waals surface area contributed by atoms with Gasteiger partial charge in [0.25, 0.3) is 5.91 Å². The second-order valence-electron chi connectivity index (χ2n) is 4.15. The van der Waals surface area contributed by atoms with Gasteiger partial charge in [-0.1, -0.05) is 0 Å². The van der Waals surface area contributed by atoms with E-state index in [-0.39, 0.29) is 12.0 Å². The molecule has 2 rings (SSSR count). The number of halogens is 2. The Kier molecular flexibility index (Phi) is 3.79. The molecule has 5 heteroatoms. The molecule has 1 N–H and O–H groups in total. The largest absolute Gasteiger partial charge is 0.393 e. The average molecular weight is 302 g/mol. The third-order valence-electron chi connectivity index (χ3n) is 2.92. The Morgan fingerprint density at radius 2 is 2.06 bits per heavy atom. The first-order valence-electron chi connectivity index (χ1n) is 5.50. The van der Waals surface area contributed by atoms with Crippen LogP contribution < -0.4 is 0 Å². The van der Waals surface area contributed by atoms with Crippen molar-refractivity contribution in [3.8, 4) is 0 Å². The lowest BCUT2D eigenvalue weighted by Crippen LogP contribution is -2.40. The van der Waals surface area contributed by atoms with E-state index >= 15 is 0 Å². The molecule has 0 aliphatic carbocycles. The fraction of sp³-hybridized carbons (Fsp3) is 0.417. The lowest BCUT2D eigenvalue weighted by Gasteiger charge is -2.29. The van der Waals surface area contributed by atoms with Crippen molar-refractivity contribution in [3.63, 3.8) is 0 Å². The van der Waals surface area contributed by atoms with Crippen LogP contribution in [0.15, 0.2) is 22.7 Å². The first kappa shape index (κ1) is 12.5. The molecule has 0 radical (unpaired) electrons. The molecule has 3 nitrogen and oxygen atoms in total. The van der Waals surface area contributed by atoms with Crippen LogP contribution in [0.5, 0.6) is 0 Å². The van der Waals surface area contributed by atoms with Gasteiger partial charge in [-0.15, -0.1) is 0 Å². The molecule has 0 atom stereocenters. The van der Waals surface area contributed by atoms with Crippen molar-refractivity contribution in [1.82, 2.24) is 4.90 Å². The smallest absolute Gasteiger partial charge is 0.253 e. The number of nitrogens with zero attached hydrogens (tertiary/aromatic N) is 1. The SMILES string of the molecule is O=C(c1ccc(Br)c(F)c1)N1CCC(O)CC1. The monoisotopic (exact) mass is 301 g/mol. The molecular weight excluding hydrogens is 289 g/mol. The zero-order valence-corrected chi connectivity index (χ0v) is 10.8. The van der Waals surface area contributed by atoms with Crippen LogP contribution in [0.25, 0.3) is 0 Å². The van der Waals surface area contributed by atoms with Crippen molar-refractivity contribution in [2.24, 2.45) is 0 Å². The van der Waals surface area contributed by atoms with E-state index in [1.165, 1.54) is 12.1 Å². The summed E-state index contributed by atoms with van der Waals surface area (Å²) in [6.45, 7) is 1.05. The van der Waals surface area contributed by atoms with Crippen LogP contribution in [-0.2, 0) is 0 Å². The summed E-state index contributed by atoms with van der Waals surface area (Å²) in [5.41, 5.74) is 0.349. The van der Waals surface area contributed by atoms with Crippen molar-refractivity contribution in [3.05, 3.63) is 34.1 Å². The third kappa shape index (κ3) is 2.84. The van der Waals surface area contributed by atoms with Crippen molar-refractivity contribution >= 4 is 21.8 Å². The molecule has 1 aromatic carbocycles. The van der Waals surface area contributed by atoms with Gasteiger partial charge >= 0.3 is 0 Å². The Balaban J connectivity index is 2.11. The number of carbonyl (C=O) groups excluding carboxylic acids is 1. The summed E-state index contributed by atoms with van der Waals surface area (Å²) in [5.74, 6) is -0.615. The average Bonchev–Trinajstić information content (AvgIpc) is 2.33. The molecule has 1 fully saturated rings. The Morgan fingerprint density at radius 3 is 2.65 bits per heavy atom. The van der Waals surface area contributed by atoms with Crippen LogP contribution >= 0.6 is 15.9 Å². The molecule has 0 spiro atoms. The van der Waals surface area contributed by atoms with Crippen molar-refractivity contribution < 1.29 is 14.3 Å². The number of carbonyl (C=O) groups is 1. The Morgan fingerprint density at radius 1 is 1.41 bits per heavy atom. The minimum absolute atomic E-state index is 0.177. The maximum atomic E-state index is 13.3. The molecule has 0 unspecified atom stereocenters. The molecule has 1 heterocycles. The lowest BCUT2D eigenvalue weighted by molar-refractivity contribution is 0.0546. The van der Waals surface area contributed by atoms with Gasteiger partial charge < -0.3 is 10.0 Å². The van der Waals surface area contributed by atoms with E-state index in [2.05, 4.69) is 15.9 Å². The van der Waals surface area contributed by atoms with Gasteiger partial charge in [0.1, 0.15) is 5.82 Å². The summed E-state index contributed by atoms with van der Waals surface area (Å²) >= 11 is 3.05. The summed E-state index contributed by atoms with van der Waals surface area (Å²) in [6.07, 6.45) is 0.857. The maximum absolute atomic E-state index is 13.3. The number of aliphatic hydroxyl groups excluding tert-OH is 1. The summed E-state index contributed by atoms with van der Waals surface area (Å²) in [7, 11) is 0. The topological polar surface area (TPSA) is 40.5 Å². The summed E-state index contributed by atoms with van der Waals surface area (Å²) in [4.78, 5) is 13.7. The molecule has 1 aliphatic heterocycles. The van der Waals surface area contributed by atoms with Gasteiger partial charge in [-0.2, -0.15) is 0 Å². The molecule has 0 bridgehead atoms. The fourth-order valence-corrected chi connectivity index (χ4v) is 2.13.